The van der Waals surface area contributed by atoms with Crippen molar-refractivity contribution in [2.24, 2.45) is 0 Å². The van der Waals surface area contributed by atoms with E-state index in [0.29, 0.717) is 0 Å². The molecule has 0 amide bonds. The van der Waals surface area contributed by atoms with Gasteiger partial charge in [0.05, 0.1) is 9.99 Å². The Balaban J connectivity index is 2.53. The molecule has 2 heterocycles. The summed E-state index contributed by atoms with van der Waals surface area (Å²) in [4.78, 5) is 4.34. The first-order valence-corrected chi connectivity index (χ1v) is 5.92. The largest absolute Gasteiger partial charge is 0.235 e. The monoisotopic (exact) mass is 325 g/mol. The molecule has 0 bridgehead atoms. The molecule has 3 nitrogen and oxygen atoms in total. The number of aromatic nitrogens is 3. The summed E-state index contributed by atoms with van der Waals surface area (Å²) in [7, 11) is 0. The van der Waals surface area contributed by atoms with E-state index in [1.165, 1.54) is 0 Å². The Morgan fingerprint density at radius 3 is 2.87 bits per heavy atom. The van der Waals surface area contributed by atoms with Gasteiger partial charge in [-0.05, 0) is 34.1 Å². The summed E-state index contributed by atoms with van der Waals surface area (Å²) in [6.45, 7) is 0. The summed E-state index contributed by atoms with van der Waals surface area (Å²) in [6.07, 6.45) is 3.67. The first kappa shape index (κ1) is 9.30. The molecule has 0 aliphatic heterocycles. The van der Waals surface area contributed by atoms with E-state index >= 15 is 0 Å². The molecule has 0 aliphatic carbocycles. The van der Waals surface area contributed by atoms with Gasteiger partial charge in [0.25, 0.3) is 0 Å². The van der Waals surface area contributed by atoms with E-state index in [-0.39, 0.29) is 0 Å². The number of halogens is 2. The Morgan fingerprint density at radius 2 is 2.00 bits per heavy atom. The fourth-order valence-electron chi connectivity index (χ4n) is 1.55. The highest BCUT2D eigenvalue weighted by molar-refractivity contribution is 9.10. The molecule has 0 saturated heterocycles. The van der Waals surface area contributed by atoms with Gasteiger partial charge in [0, 0.05) is 22.3 Å². The van der Waals surface area contributed by atoms with Crippen LogP contribution in [-0.4, -0.2) is 14.6 Å². The van der Waals surface area contributed by atoms with Crippen molar-refractivity contribution < 1.29 is 0 Å². The molecule has 0 unspecified atom stereocenters. The van der Waals surface area contributed by atoms with Crippen LogP contribution in [0.15, 0.2) is 39.5 Å². The smallest absolute Gasteiger partial charge is 0.162 e. The topological polar surface area (TPSA) is 30.2 Å². The maximum absolute atomic E-state index is 4.42. The van der Waals surface area contributed by atoms with Crippen molar-refractivity contribution in [2.75, 3.05) is 0 Å². The highest BCUT2D eigenvalue weighted by Crippen LogP contribution is 2.23. The molecule has 1 aromatic carbocycles. The van der Waals surface area contributed by atoms with Crippen molar-refractivity contribution in [1.82, 2.24) is 14.6 Å². The molecule has 2 aromatic heterocycles. The molecule has 0 aliphatic rings. The van der Waals surface area contributed by atoms with Gasteiger partial charge in [-0.2, -0.15) is 5.10 Å². The van der Waals surface area contributed by atoms with Crippen LogP contribution in [0.2, 0.25) is 0 Å². The first-order valence-electron chi connectivity index (χ1n) is 4.33. The zero-order valence-corrected chi connectivity index (χ0v) is 10.7. The Bertz CT molecular complexity index is 660. The van der Waals surface area contributed by atoms with Gasteiger partial charge in [-0.15, -0.1) is 0 Å². The lowest BCUT2D eigenvalue weighted by molar-refractivity contribution is 0.950. The fraction of sp³-hybridized carbons (Fsp3) is 0. The minimum atomic E-state index is 0.870. The summed E-state index contributed by atoms with van der Waals surface area (Å²) in [5.74, 6) is 0. The van der Waals surface area contributed by atoms with Crippen molar-refractivity contribution in [2.45, 2.75) is 0 Å². The van der Waals surface area contributed by atoms with Crippen LogP contribution in [0.4, 0.5) is 0 Å². The van der Waals surface area contributed by atoms with Crippen LogP contribution in [0, 0.1) is 0 Å². The molecule has 15 heavy (non-hydrogen) atoms. The highest BCUT2D eigenvalue weighted by Gasteiger charge is 2.06. The van der Waals surface area contributed by atoms with Crippen LogP contribution >= 0.6 is 31.9 Å². The van der Waals surface area contributed by atoms with E-state index in [1.54, 1.807) is 10.7 Å². The van der Waals surface area contributed by atoms with Crippen LogP contribution in [0.5, 0.6) is 0 Å². The average molecular weight is 327 g/mol. The van der Waals surface area contributed by atoms with Crippen molar-refractivity contribution >= 4 is 48.4 Å². The molecule has 0 fully saturated rings. The fourth-order valence-corrected chi connectivity index (χ4v) is 2.21. The van der Waals surface area contributed by atoms with E-state index < -0.39 is 0 Å². The summed E-state index contributed by atoms with van der Waals surface area (Å²) < 4.78 is 3.73. The van der Waals surface area contributed by atoms with Gasteiger partial charge < -0.3 is 0 Å². The van der Waals surface area contributed by atoms with Crippen molar-refractivity contribution in [1.29, 1.82) is 0 Å². The van der Waals surface area contributed by atoms with E-state index in [0.717, 1.165) is 25.5 Å². The number of nitrogens with zero attached hydrogens (tertiary/aromatic N) is 3. The van der Waals surface area contributed by atoms with Crippen LogP contribution in [0.1, 0.15) is 0 Å². The van der Waals surface area contributed by atoms with Crippen molar-refractivity contribution in [3.63, 3.8) is 0 Å². The second-order valence-corrected chi connectivity index (χ2v) is 5.03. The first-order chi connectivity index (χ1) is 7.24. The molecule has 3 aromatic rings. The Kier molecular flexibility index (Phi) is 2.03. The van der Waals surface area contributed by atoms with Gasteiger partial charge in [-0.25, -0.2) is 9.50 Å². The van der Waals surface area contributed by atoms with E-state index in [9.17, 15) is 0 Å². The quantitative estimate of drug-likeness (QED) is 0.633. The summed E-state index contributed by atoms with van der Waals surface area (Å²) >= 11 is 6.81. The number of hydrogen-bond acceptors (Lipinski definition) is 2. The van der Waals surface area contributed by atoms with Crippen molar-refractivity contribution in [3.05, 3.63) is 39.5 Å². The molecule has 0 N–H and O–H groups in total. The second-order valence-electron chi connectivity index (χ2n) is 3.20. The molecule has 0 spiro atoms. The van der Waals surface area contributed by atoms with Gasteiger partial charge in [-0.3, -0.25) is 0 Å². The van der Waals surface area contributed by atoms with E-state index in [4.69, 9.17) is 0 Å². The molecular formula is C10H5Br2N3. The normalized spacial score (nSPS) is 11.3. The van der Waals surface area contributed by atoms with Gasteiger partial charge >= 0.3 is 0 Å². The number of fused-ring (bicyclic) bond motifs is 3. The van der Waals surface area contributed by atoms with Crippen LogP contribution in [0.3, 0.4) is 0 Å². The Morgan fingerprint density at radius 1 is 1.13 bits per heavy atom. The Labute approximate surface area is 102 Å². The minimum absolute atomic E-state index is 0.870. The maximum Gasteiger partial charge on any atom is 0.162 e. The molecule has 0 saturated carbocycles. The lowest BCUT2D eigenvalue weighted by Crippen LogP contribution is -1.88. The SMILES string of the molecule is Brc1ccc2nn3cc(Br)cnc3c2c1. The minimum Gasteiger partial charge on any atom is -0.235 e. The average Bonchev–Trinajstić information content (AvgIpc) is 2.54. The maximum atomic E-state index is 4.42. The van der Waals surface area contributed by atoms with Crippen LogP contribution < -0.4 is 0 Å². The third-order valence-corrected chi connectivity index (χ3v) is 3.09. The Hall–Kier alpha value is -0.940. The van der Waals surface area contributed by atoms with Crippen LogP contribution in [0.25, 0.3) is 16.6 Å². The second kappa shape index (κ2) is 3.28. The van der Waals surface area contributed by atoms with Gasteiger partial charge in [0.15, 0.2) is 5.65 Å². The predicted octanol–water partition coefficient (Wildman–Crippen LogP) is 3.41. The number of benzene rings is 1. The molecule has 5 heteroatoms. The third-order valence-electron chi connectivity index (χ3n) is 2.19. The van der Waals surface area contributed by atoms with Gasteiger partial charge in [0.1, 0.15) is 0 Å². The lowest BCUT2D eigenvalue weighted by atomic mass is 10.2. The van der Waals surface area contributed by atoms with Gasteiger partial charge in [0.2, 0.25) is 0 Å². The van der Waals surface area contributed by atoms with Gasteiger partial charge in [-0.1, -0.05) is 15.9 Å². The lowest BCUT2D eigenvalue weighted by Gasteiger charge is -1.92. The van der Waals surface area contributed by atoms with E-state index in [1.807, 2.05) is 24.4 Å². The molecule has 0 atom stereocenters. The van der Waals surface area contributed by atoms with Crippen LogP contribution in [-0.2, 0) is 0 Å². The molecule has 3 rings (SSSR count). The highest BCUT2D eigenvalue weighted by atomic mass is 79.9. The molecular weight excluding hydrogens is 322 g/mol. The predicted molar refractivity (Wildman–Crippen MR) is 65.9 cm³/mol. The summed E-state index contributed by atoms with van der Waals surface area (Å²) in [5, 5.41) is 5.47. The molecule has 0 radical (unpaired) electrons. The molecule has 74 valence electrons. The standard InChI is InChI=1S/C10H5Br2N3/c11-6-1-2-9-8(3-6)10-13-4-7(12)5-15(10)14-9/h1-5H. The summed E-state index contributed by atoms with van der Waals surface area (Å²) in [5.41, 5.74) is 1.82. The zero-order chi connectivity index (χ0) is 10.4. The number of rotatable bonds is 0. The van der Waals surface area contributed by atoms with E-state index in [2.05, 4.69) is 41.9 Å². The zero-order valence-electron chi connectivity index (χ0n) is 7.48. The van der Waals surface area contributed by atoms with Crippen molar-refractivity contribution in [3.8, 4) is 0 Å². The third kappa shape index (κ3) is 1.46. The summed E-state index contributed by atoms with van der Waals surface area (Å²) in [6, 6.07) is 5.98. The number of hydrogen-bond donors (Lipinski definition) is 0.